The molecule has 2 aromatic rings. The van der Waals surface area contributed by atoms with Gasteiger partial charge in [0, 0.05) is 31.1 Å². The number of rotatable bonds is 4. The van der Waals surface area contributed by atoms with E-state index in [4.69, 9.17) is 9.57 Å². The van der Waals surface area contributed by atoms with Gasteiger partial charge in [0.15, 0.2) is 0 Å². The van der Waals surface area contributed by atoms with E-state index < -0.39 is 12.1 Å². The van der Waals surface area contributed by atoms with Crippen molar-refractivity contribution in [3.8, 4) is 11.1 Å². The summed E-state index contributed by atoms with van der Waals surface area (Å²) in [5.74, 6) is -0.545. The van der Waals surface area contributed by atoms with Crippen LogP contribution in [0.1, 0.15) is 52.6 Å². The molecule has 2 atom stereocenters. The van der Waals surface area contributed by atoms with Gasteiger partial charge >= 0.3 is 12.1 Å². The van der Waals surface area contributed by atoms with Crippen molar-refractivity contribution in [1.29, 1.82) is 0 Å². The van der Waals surface area contributed by atoms with E-state index in [-0.39, 0.29) is 24.1 Å². The Bertz CT molecular complexity index is 968. The van der Waals surface area contributed by atoms with Gasteiger partial charge in [-0.1, -0.05) is 10.9 Å². The molecular formula is C21H26N4O5. The monoisotopic (exact) mass is 414 g/mol. The molecule has 1 aliphatic heterocycles. The zero-order valence-corrected chi connectivity index (χ0v) is 17.7. The first-order chi connectivity index (χ1) is 14.2. The number of benzene rings is 1. The quantitative estimate of drug-likeness (QED) is 0.825. The summed E-state index contributed by atoms with van der Waals surface area (Å²) in [5, 5.41) is 6.94. The fraction of sp³-hybridized carbons (Fsp3) is 0.429. The highest BCUT2D eigenvalue weighted by atomic mass is 16.7. The SMILES string of the molecule is CC(=O)On1cc(-c2ccc3c(c2)[C@H](NC(=O)OC(C)C)C[C@H](C)N3C(C)=O)cn1. The number of hydrogen-bond donors (Lipinski definition) is 1. The second kappa shape index (κ2) is 8.56. The Morgan fingerprint density at radius 2 is 1.93 bits per heavy atom. The number of aromatic nitrogens is 2. The summed E-state index contributed by atoms with van der Waals surface area (Å²) in [5.41, 5.74) is 3.10. The maximum absolute atomic E-state index is 12.3. The first-order valence-electron chi connectivity index (χ1n) is 9.80. The summed E-state index contributed by atoms with van der Waals surface area (Å²) < 4.78 is 5.24. The summed E-state index contributed by atoms with van der Waals surface area (Å²) in [7, 11) is 0. The van der Waals surface area contributed by atoms with E-state index in [0.717, 1.165) is 27.2 Å². The molecule has 0 unspecified atom stereocenters. The number of ether oxygens (including phenoxy) is 1. The van der Waals surface area contributed by atoms with Crippen LogP contribution in [0, 0.1) is 0 Å². The second-order valence-electron chi connectivity index (χ2n) is 7.61. The number of amides is 2. The topological polar surface area (TPSA) is 103 Å². The molecule has 9 heteroatoms. The molecule has 1 aromatic carbocycles. The number of carbonyl (C=O) groups is 3. The van der Waals surface area contributed by atoms with Gasteiger partial charge in [0.1, 0.15) is 0 Å². The molecule has 0 radical (unpaired) electrons. The van der Waals surface area contributed by atoms with Gasteiger partial charge in [-0.3, -0.25) is 4.79 Å². The summed E-state index contributed by atoms with van der Waals surface area (Å²) in [6, 6.07) is 5.22. The molecule has 9 nitrogen and oxygen atoms in total. The van der Waals surface area contributed by atoms with Gasteiger partial charge in [0.25, 0.3) is 0 Å². The molecule has 0 saturated heterocycles. The Morgan fingerprint density at radius 1 is 1.20 bits per heavy atom. The fourth-order valence-corrected chi connectivity index (χ4v) is 3.69. The predicted octanol–water partition coefficient (Wildman–Crippen LogP) is 2.85. The van der Waals surface area contributed by atoms with Crippen LogP contribution in [0.4, 0.5) is 10.5 Å². The van der Waals surface area contributed by atoms with Crippen LogP contribution in [0.3, 0.4) is 0 Å². The molecule has 0 fully saturated rings. The van der Waals surface area contributed by atoms with Gasteiger partial charge < -0.3 is 19.8 Å². The Labute approximate surface area is 174 Å². The van der Waals surface area contributed by atoms with Crippen LogP contribution in [0.15, 0.2) is 30.6 Å². The van der Waals surface area contributed by atoms with Crippen molar-refractivity contribution in [2.45, 2.75) is 59.2 Å². The zero-order chi connectivity index (χ0) is 22.0. The van der Waals surface area contributed by atoms with Gasteiger partial charge in [0.2, 0.25) is 5.91 Å². The molecule has 1 N–H and O–H groups in total. The van der Waals surface area contributed by atoms with Crippen LogP contribution >= 0.6 is 0 Å². The van der Waals surface area contributed by atoms with E-state index in [1.54, 1.807) is 31.1 Å². The molecule has 0 aliphatic carbocycles. The summed E-state index contributed by atoms with van der Waals surface area (Å²) in [6.45, 7) is 8.34. The van der Waals surface area contributed by atoms with Crippen LogP contribution in [-0.4, -0.2) is 40.1 Å². The lowest BCUT2D eigenvalue weighted by molar-refractivity contribution is -0.143. The largest absolute Gasteiger partial charge is 0.447 e. The lowest BCUT2D eigenvalue weighted by atomic mass is 9.89. The second-order valence-corrected chi connectivity index (χ2v) is 7.61. The molecule has 160 valence electrons. The Balaban J connectivity index is 1.98. The van der Waals surface area contributed by atoms with Crippen LogP contribution in [0.2, 0.25) is 0 Å². The standard InChI is InChI=1S/C21H26N4O5/c1-12(2)29-21(28)23-19-8-13(3)25(14(4)26)20-7-6-16(9-18(19)20)17-10-22-24(11-17)30-15(5)27/h6-7,9-13,19H,8H2,1-5H3,(H,23,28)/t13-,19+/m0/s1. The summed E-state index contributed by atoms with van der Waals surface area (Å²) in [4.78, 5) is 43.4. The molecule has 30 heavy (non-hydrogen) atoms. The van der Waals surface area contributed by atoms with E-state index in [2.05, 4.69) is 10.4 Å². The molecule has 1 aromatic heterocycles. The molecule has 0 spiro atoms. The van der Waals surface area contributed by atoms with Crippen molar-refractivity contribution in [2.24, 2.45) is 0 Å². The minimum absolute atomic E-state index is 0.0672. The summed E-state index contributed by atoms with van der Waals surface area (Å²) >= 11 is 0. The van der Waals surface area contributed by atoms with E-state index >= 15 is 0 Å². The van der Waals surface area contributed by atoms with Gasteiger partial charge in [-0.25, -0.2) is 9.59 Å². The molecule has 1 aliphatic rings. The molecule has 2 heterocycles. The molecule has 2 amide bonds. The lowest BCUT2D eigenvalue weighted by Crippen LogP contribution is -2.45. The molecule has 0 bridgehead atoms. The smallest absolute Gasteiger partial charge is 0.407 e. The number of fused-ring (bicyclic) bond motifs is 1. The van der Waals surface area contributed by atoms with Crippen molar-refractivity contribution < 1.29 is 24.0 Å². The number of nitrogens with one attached hydrogen (secondary N) is 1. The van der Waals surface area contributed by atoms with E-state index in [1.807, 2.05) is 25.1 Å². The molecular weight excluding hydrogens is 388 g/mol. The number of carbonyl (C=O) groups excluding carboxylic acids is 3. The average molecular weight is 414 g/mol. The van der Waals surface area contributed by atoms with Crippen molar-refractivity contribution in [2.75, 3.05) is 4.90 Å². The van der Waals surface area contributed by atoms with Crippen molar-refractivity contribution >= 4 is 23.7 Å². The van der Waals surface area contributed by atoms with Gasteiger partial charge in [-0.2, -0.15) is 0 Å². The Kier molecular flexibility index (Phi) is 6.09. The number of nitrogens with zero attached hydrogens (tertiary/aromatic N) is 3. The highest BCUT2D eigenvalue weighted by Gasteiger charge is 2.33. The number of hydrogen-bond acceptors (Lipinski definition) is 6. The van der Waals surface area contributed by atoms with Crippen molar-refractivity contribution in [3.05, 3.63) is 36.2 Å². The lowest BCUT2D eigenvalue weighted by Gasteiger charge is -2.39. The highest BCUT2D eigenvalue weighted by molar-refractivity contribution is 5.94. The van der Waals surface area contributed by atoms with Crippen LogP contribution in [-0.2, 0) is 14.3 Å². The van der Waals surface area contributed by atoms with Crippen LogP contribution in [0.25, 0.3) is 11.1 Å². The van der Waals surface area contributed by atoms with E-state index in [0.29, 0.717) is 6.42 Å². The predicted molar refractivity (Wildman–Crippen MR) is 110 cm³/mol. The Morgan fingerprint density at radius 3 is 2.57 bits per heavy atom. The number of alkyl carbamates (subject to hydrolysis) is 1. The van der Waals surface area contributed by atoms with E-state index in [1.165, 1.54) is 13.8 Å². The van der Waals surface area contributed by atoms with Crippen LogP contribution in [0.5, 0.6) is 0 Å². The van der Waals surface area contributed by atoms with Crippen LogP contribution < -0.4 is 15.1 Å². The first kappa shape index (κ1) is 21.4. The van der Waals surface area contributed by atoms with Gasteiger partial charge in [0.05, 0.1) is 24.5 Å². The minimum Gasteiger partial charge on any atom is -0.447 e. The molecule has 3 rings (SSSR count). The van der Waals surface area contributed by atoms with Crippen molar-refractivity contribution in [1.82, 2.24) is 15.3 Å². The first-order valence-corrected chi connectivity index (χ1v) is 9.80. The minimum atomic E-state index is -0.502. The fourth-order valence-electron chi connectivity index (χ4n) is 3.69. The highest BCUT2D eigenvalue weighted by Crippen LogP contribution is 2.39. The number of anilines is 1. The van der Waals surface area contributed by atoms with E-state index in [9.17, 15) is 14.4 Å². The molecule has 0 saturated carbocycles. The third-order valence-electron chi connectivity index (χ3n) is 4.77. The maximum atomic E-state index is 12.3. The average Bonchev–Trinajstić information content (AvgIpc) is 3.08. The van der Waals surface area contributed by atoms with Gasteiger partial charge in [-0.05, 0) is 50.5 Å². The normalized spacial score (nSPS) is 18.0. The Hall–Kier alpha value is -3.36. The van der Waals surface area contributed by atoms with Crippen molar-refractivity contribution in [3.63, 3.8) is 0 Å². The van der Waals surface area contributed by atoms with Gasteiger partial charge in [-0.15, -0.1) is 5.10 Å². The summed E-state index contributed by atoms with van der Waals surface area (Å²) in [6.07, 6.45) is 2.98. The zero-order valence-electron chi connectivity index (χ0n) is 17.7. The third kappa shape index (κ3) is 4.61. The maximum Gasteiger partial charge on any atom is 0.407 e. The third-order valence-corrected chi connectivity index (χ3v) is 4.77.